The molecule has 0 radical (unpaired) electrons. The van der Waals surface area contributed by atoms with E-state index in [1.807, 2.05) is 52.0 Å². The minimum atomic E-state index is 0.156. The first-order valence-corrected chi connectivity index (χ1v) is 11.0. The van der Waals surface area contributed by atoms with Gasteiger partial charge in [-0.3, -0.25) is 4.79 Å². The van der Waals surface area contributed by atoms with Crippen LogP contribution in [0.15, 0.2) is 42.7 Å². The third-order valence-electron chi connectivity index (χ3n) is 5.33. The molecule has 0 unspecified atom stereocenters. The molecular formula is C24H35N3O. The van der Waals surface area contributed by atoms with E-state index in [1.165, 1.54) is 12.8 Å². The van der Waals surface area contributed by atoms with Crippen LogP contribution in [0, 0.1) is 5.92 Å². The Labute approximate surface area is 170 Å². The molecule has 1 aliphatic heterocycles. The van der Waals surface area contributed by atoms with E-state index in [1.54, 1.807) is 18.5 Å². The van der Waals surface area contributed by atoms with E-state index in [9.17, 15) is 4.79 Å². The first kappa shape index (κ1) is 22.1. The van der Waals surface area contributed by atoms with Crippen LogP contribution in [0.3, 0.4) is 0 Å². The van der Waals surface area contributed by atoms with Gasteiger partial charge in [0.2, 0.25) is 0 Å². The lowest BCUT2D eigenvalue weighted by Gasteiger charge is -2.36. The van der Waals surface area contributed by atoms with Crippen LogP contribution in [-0.4, -0.2) is 32.9 Å². The Morgan fingerprint density at radius 2 is 1.71 bits per heavy atom. The Balaban J connectivity index is 0.000000660. The normalized spacial score (nSPS) is 22.0. The van der Waals surface area contributed by atoms with E-state index in [0.29, 0.717) is 17.9 Å². The Morgan fingerprint density at radius 1 is 1.04 bits per heavy atom. The zero-order valence-electron chi connectivity index (χ0n) is 18.1. The number of nitrogens with zero attached hydrogens (tertiary/aromatic N) is 3. The van der Waals surface area contributed by atoms with Crippen molar-refractivity contribution in [2.75, 3.05) is 0 Å². The number of hydrogen-bond acceptors (Lipinski definition) is 3. The Bertz CT molecular complexity index is 732. The molecule has 0 spiro atoms. The van der Waals surface area contributed by atoms with Crippen LogP contribution in [-0.2, 0) is 0 Å². The van der Waals surface area contributed by atoms with Gasteiger partial charge in [-0.25, -0.2) is 9.97 Å². The number of benzene rings is 1. The van der Waals surface area contributed by atoms with Gasteiger partial charge in [-0.05, 0) is 43.7 Å². The zero-order valence-corrected chi connectivity index (χ0v) is 18.1. The molecule has 1 amide bonds. The van der Waals surface area contributed by atoms with E-state index < -0.39 is 0 Å². The van der Waals surface area contributed by atoms with Crippen LogP contribution in [0.5, 0.6) is 0 Å². The molecule has 2 aliphatic rings. The van der Waals surface area contributed by atoms with Gasteiger partial charge in [-0.1, -0.05) is 59.2 Å². The smallest absolute Gasteiger partial charge is 0.255 e. The van der Waals surface area contributed by atoms with Gasteiger partial charge in [0.05, 0.1) is 5.56 Å². The quantitative estimate of drug-likeness (QED) is 0.653. The first-order valence-electron chi connectivity index (χ1n) is 11.0. The molecule has 0 N–H and O–H groups in total. The maximum Gasteiger partial charge on any atom is 0.255 e. The average Bonchev–Trinajstić information content (AvgIpc) is 3.57. The molecule has 1 aliphatic carbocycles. The summed E-state index contributed by atoms with van der Waals surface area (Å²) in [5.74, 6) is 1.50. The minimum Gasteiger partial charge on any atom is -0.332 e. The van der Waals surface area contributed by atoms with Gasteiger partial charge in [0.15, 0.2) is 5.82 Å². The van der Waals surface area contributed by atoms with Gasteiger partial charge >= 0.3 is 0 Å². The molecule has 0 bridgehead atoms. The monoisotopic (exact) mass is 381 g/mol. The van der Waals surface area contributed by atoms with Crippen molar-refractivity contribution in [1.29, 1.82) is 0 Å². The van der Waals surface area contributed by atoms with Gasteiger partial charge in [-0.15, -0.1) is 0 Å². The third kappa shape index (κ3) is 4.78. The fourth-order valence-electron chi connectivity index (χ4n) is 4.07. The highest BCUT2D eigenvalue weighted by molar-refractivity contribution is 6.00. The molecule has 152 valence electrons. The second-order valence-electron chi connectivity index (χ2n) is 6.91. The second-order valence-corrected chi connectivity index (χ2v) is 6.91. The minimum absolute atomic E-state index is 0.156. The summed E-state index contributed by atoms with van der Waals surface area (Å²) in [5.41, 5.74) is 1.57. The number of amides is 1. The van der Waals surface area contributed by atoms with E-state index in [0.717, 1.165) is 36.3 Å². The van der Waals surface area contributed by atoms with Gasteiger partial charge in [0.1, 0.15) is 0 Å². The summed E-state index contributed by atoms with van der Waals surface area (Å²) < 4.78 is 0. The summed E-state index contributed by atoms with van der Waals surface area (Å²) in [6.07, 6.45) is 9.26. The number of fused-ring (bicyclic) bond motifs is 1. The van der Waals surface area contributed by atoms with E-state index >= 15 is 0 Å². The molecule has 4 heteroatoms. The molecular weight excluding hydrogens is 346 g/mol. The second kappa shape index (κ2) is 10.9. The Kier molecular flexibility index (Phi) is 8.62. The molecule has 1 aromatic heterocycles. The molecule has 1 saturated carbocycles. The molecule has 2 heterocycles. The molecule has 4 rings (SSSR count). The van der Waals surface area contributed by atoms with Crippen molar-refractivity contribution in [2.45, 2.75) is 78.8 Å². The van der Waals surface area contributed by atoms with Crippen molar-refractivity contribution < 1.29 is 4.79 Å². The fourth-order valence-corrected chi connectivity index (χ4v) is 4.07. The maximum atomic E-state index is 13.4. The van der Waals surface area contributed by atoms with Crippen LogP contribution < -0.4 is 0 Å². The predicted molar refractivity (Wildman–Crippen MR) is 116 cm³/mol. The Hall–Kier alpha value is -2.23. The van der Waals surface area contributed by atoms with Gasteiger partial charge in [0.25, 0.3) is 5.91 Å². The van der Waals surface area contributed by atoms with Crippen LogP contribution >= 0.6 is 0 Å². The van der Waals surface area contributed by atoms with E-state index in [4.69, 9.17) is 0 Å². The number of aromatic nitrogens is 2. The molecule has 3 atom stereocenters. The number of likely N-dealkylation sites (tertiary alicyclic amines) is 1. The molecule has 4 nitrogen and oxygen atoms in total. The van der Waals surface area contributed by atoms with Crippen LogP contribution in [0.2, 0.25) is 0 Å². The standard InChI is InChI=1S/C20H23N3O.2C2H6/c1-2-6-15-10-9-14-13-18(14)23(15)20(24)17-8-4-3-7-16(17)19-21-11-5-12-22-19;2*1-2/h3-5,7-8,11-12,14-15,18H,2,6,9-10,13H2,1H3;2*1-2H3/t14-,15+,18+;;/m0../s1. The number of piperidine rings is 1. The van der Waals surface area contributed by atoms with Gasteiger partial charge in [-0.2, -0.15) is 0 Å². The molecule has 1 saturated heterocycles. The zero-order chi connectivity index (χ0) is 20.5. The summed E-state index contributed by atoms with van der Waals surface area (Å²) in [5, 5.41) is 0. The predicted octanol–water partition coefficient (Wildman–Crippen LogP) is 5.99. The van der Waals surface area contributed by atoms with Gasteiger partial charge < -0.3 is 4.90 Å². The molecule has 1 aromatic carbocycles. The largest absolute Gasteiger partial charge is 0.332 e. The number of hydrogen-bond donors (Lipinski definition) is 0. The summed E-state index contributed by atoms with van der Waals surface area (Å²) in [6, 6.07) is 10.4. The van der Waals surface area contributed by atoms with Crippen LogP contribution in [0.25, 0.3) is 11.4 Å². The van der Waals surface area contributed by atoms with Crippen molar-refractivity contribution in [1.82, 2.24) is 14.9 Å². The lowest BCUT2D eigenvalue weighted by atomic mass is 9.96. The summed E-state index contributed by atoms with van der Waals surface area (Å²) >= 11 is 0. The number of carbonyl (C=O) groups is 1. The molecule has 2 fully saturated rings. The number of carbonyl (C=O) groups excluding carboxylic acids is 1. The SMILES string of the molecule is CC.CC.CCC[C@@H]1CC[C@H]2C[C@H]2N1C(=O)c1ccccc1-c1ncccn1. The topological polar surface area (TPSA) is 46.1 Å². The van der Waals surface area contributed by atoms with Crippen molar-refractivity contribution in [3.8, 4) is 11.4 Å². The van der Waals surface area contributed by atoms with E-state index in [2.05, 4.69) is 21.8 Å². The third-order valence-corrected chi connectivity index (χ3v) is 5.33. The summed E-state index contributed by atoms with van der Waals surface area (Å²) in [6.45, 7) is 10.2. The highest BCUT2D eigenvalue weighted by Crippen LogP contribution is 2.47. The van der Waals surface area contributed by atoms with Crippen molar-refractivity contribution in [3.63, 3.8) is 0 Å². The highest BCUT2D eigenvalue weighted by Gasteiger charge is 2.49. The van der Waals surface area contributed by atoms with E-state index in [-0.39, 0.29) is 5.91 Å². The van der Waals surface area contributed by atoms with Crippen molar-refractivity contribution >= 4 is 5.91 Å². The number of rotatable bonds is 4. The molecule has 28 heavy (non-hydrogen) atoms. The molecule has 2 aromatic rings. The maximum absolute atomic E-state index is 13.4. The summed E-state index contributed by atoms with van der Waals surface area (Å²) in [4.78, 5) is 24.2. The lowest BCUT2D eigenvalue weighted by Crippen LogP contribution is -2.45. The van der Waals surface area contributed by atoms with Gasteiger partial charge in [0, 0.05) is 30.0 Å². The highest BCUT2D eigenvalue weighted by atomic mass is 16.2. The lowest BCUT2D eigenvalue weighted by molar-refractivity contribution is 0.0575. The Morgan fingerprint density at radius 3 is 2.39 bits per heavy atom. The fraction of sp³-hybridized carbons (Fsp3) is 0.542. The van der Waals surface area contributed by atoms with Crippen LogP contribution in [0.1, 0.15) is 77.1 Å². The summed E-state index contributed by atoms with van der Waals surface area (Å²) in [7, 11) is 0. The first-order chi connectivity index (χ1) is 13.8. The van der Waals surface area contributed by atoms with Crippen molar-refractivity contribution in [2.24, 2.45) is 5.92 Å². The average molecular weight is 382 g/mol. The van der Waals surface area contributed by atoms with Crippen molar-refractivity contribution in [3.05, 3.63) is 48.3 Å². The van der Waals surface area contributed by atoms with Crippen LogP contribution in [0.4, 0.5) is 0 Å².